The fourth-order valence-electron chi connectivity index (χ4n) is 3.01. The van der Waals surface area contributed by atoms with E-state index in [4.69, 9.17) is 4.74 Å². The van der Waals surface area contributed by atoms with Crippen LogP contribution in [0, 0.1) is 11.3 Å². The predicted octanol–water partition coefficient (Wildman–Crippen LogP) is 4.06. The number of nitrogens with one attached hydrogen (secondary N) is 1. The van der Waals surface area contributed by atoms with E-state index in [0.29, 0.717) is 11.1 Å². The maximum Gasteiger partial charge on any atom is 0.338 e. The van der Waals surface area contributed by atoms with Crippen molar-refractivity contribution in [2.45, 2.75) is 13.8 Å². The number of anilines is 1. The molecule has 0 spiro atoms. The number of rotatable bonds is 7. The molecule has 0 unspecified atom stereocenters. The molecule has 0 aliphatic rings. The topological polar surface area (TPSA) is 102 Å². The van der Waals surface area contributed by atoms with Crippen molar-refractivity contribution in [3.05, 3.63) is 65.7 Å². The Morgan fingerprint density at radius 2 is 1.86 bits per heavy atom. The highest BCUT2D eigenvalue weighted by Crippen LogP contribution is 2.19. The second kappa shape index (κ2) is 8.93. The summed E-state index contributed by atoms with van der Waals surface area (Å²) in [5.74, 6) is -0.713. The molecule has 29 heavy (non-hydrogen) atoms. The lowest BCUT2D eigenvalue weighted by Crippen LogP contribution is -2.21. The number of allylic oxidation sites excluding steroid dienone is 1. The summed E-state index contributed by atoms with van der Waals surface area (Å²) >= 11 is 0. The van der Waals surface area contributed by atoms with Gasteiger partial charge in [-0.2, -0.15) is 5.26 Å². The Morgan fingerprint density at radius 3 is 2.48 bits per heavy atom. The number of imidazole rings is 1. The van der Waals surface area contributed by atoms with E-state index in [1.807, 2.05) is 36.4 Å². The summed E-state index contributed by atoms with van der Waals surface area (Å²) < 4.78 is 5.17. The van der Waals surface area contributed by atoms with Crippen molar-refractivity contribution in [2.75, 3.05) is 24.6 Å². The van der Waals surface area contributed by atoms with Gasteiger partial charge in [0, 0.05) is 18.8 Å². The number of H-pyrrole nitrogens is 1. The van der Waals surface area contributed by atoms with E-state index < -0.39 is 12.6 Å². The normalized spacial score (nSPS) is 11.6. The second-order valence-corrected chi connectivity index (χ2v) is 6.33. The Bertz CT molecular complexity index is 1040. The second-order valence-electron chi connectivity index (χ2n) is 6.33. The van der Waals surface area contributed by atoms with Crippen molar-refractivity contribution in [3.8, 4) is 6.07 Å². The van der Waals surface area contributed by atoms with E-state index in [0.717, 1.165) is 24.3 Å². The smallest absolute Gasteiger partial charge is 0.338 e. The highest BCUT2D eigenvalue weighted by Gasteiger charge is 2.16. The molecule has 7 nitrogen and oxygen atoms in total. The van der Waals surface area contributed by atoms with Crippen LogP contribution in [0.4, 0.5) is 5.69 Å². The predicted molar refractivity (Wildman–Crippen MR) is 112 cm³/mol. The maximum atomic E-state index is 12.3. The zero-order valence-electron chi connectivity index (χ0n) is 16.3. The van der Waals surface area contributed by atoms with Gasteiger partial charge in [-0.1, -0.05) is 12.1 Å². The minimum absolute atomic E-state index is 0.0640. The lowest BCUT2D eigenvalue weighted by atomic mass is 10.2. The Kier molecular flexibility index (Phi) is 6.15. The maximum absolute atomic E-state index is 12.3. The van der Waals surface area contributed by atoms with Gasteiger partial charge in [-0.3, -0.25) is 0 Å². The molecule has 0 saturated heterocycles. The number of aromatic nitrogens is 2. The molecule has 0 amide bonds. The average Bonchev–Trinajstić information content (AvgIpc) is 3.17. The van der Waals surface area contributed by atoms with E-state index in [-0.39, 0.29) is 17.2 Å². The fourth-order valence-corrected chi connectivity index (χ4v) is 3.01. The average molecular weight is 390 g/mol. The molecule has 1 heterocycles. The van der Waals surface area contributed by atoms with Crippen molar-refractivity contribution in [1.29, 1.82) is 5.26 Å². The Hall–Kier alpha value is -3.79. The van der Waals surface area contributed by atoms with Crippen LogP contribution in [-0.4, -0.2) is 40.7 Å². The van der Waals surface area contributed by atoms with Crippen LogP contribution >= 0.6 is 0 Å². The molecule has 2 N–H and O–H groups in total. The molecule has 7 heteroatoms. The summed E-state index contributed by atoms with van der Waals surface area (Å²) in [7, 11) is 0. The zero-order valence-corrected chi connectivity index (χ0v) is 16.3. The van der Waals surface area contributed by atoms with Crippen LogP contribution in [0.15, 0.2) is 54.3 Å². The van der Waals surface area contributed by atoms with E-state index in [2.05, 4.69) is 28.7 Å². The number of benzene rings is 2. The van der Waals surface area contributed by atoms with Gasteiger partial charge in [0.25, 0.3) is 0 Å². The standard InChI is InChI=1S/C22H22N4O3/c1-3-26(4-2)16-11-9-15(10-12-16)22(28)29-14-20(27)17(13-23)21-24-18-7-5-6-8-19(18)25-21/h5-12,27H,3-4,14H2,1-2H3,(H,24,25)/b20-17-. The number of esters is 1. The third kappa shape index (κ3) is 4.38. The largest absolute Gasteiger partial charge is 0.507 e. The lowest BCUT2D eigenvalue weighted by molar-refractivity contribution is 0.0503. The third-order valence-corrected chi connectivity index (χ3v) is 4.60. The summed E-state index contributed by atoms with van der Waals surface area (Å²) in [6.07, 6.45) is 0. The van der Waals surface area contributed by atoms with E-state index in [9.17, 15) is 15.2 Å². The lowest BCUT2D eigenvalue weighted by Gasteiger charge is -2.20. The van der Waals surface area contributed by atoms with Crippen LogP contribution in [0.1, 0.15) is 30.0 Å². The minimum Gasteiger partial charge on any atom is -0.507 e. The van der Waals surface area contributed by atoms with Crippen molar-refractivity contribution >= 4 is 28.3 Å². The monoisotopic (exact) mass is 390 g/mol. The Labute approximate surface area is 168 Å². The van der Waals surface area contributed by atoms with Crippen molar-refractivity contribution in [2.24, 2.45) is 0 Å². The van der Waals surface area contributed by atoms with Crippen molar-refractivity contribution in [3.63, 3.8) is 0 Å². The highest BCUT2D eigenvalue weighted by molar-refractivity contribution is 5.90. The van der Waals surface area contributed by atoms with Gasteiger partial charge in [-0.25, -0.2) is 9.78 Å². The molecule has 0 saturated carbocycles. The van der Waals surface area contributed by atoms with Crippen molar-refractivity contribution < 1.29 is 14.6 Å². The number of hydrogen-bond acceptors (Lipinski definition) is 6. The first-order valence-electron chi connectivity index (χ1n) is 9.36. The van der Waals surface area contributed by atoms with E-state index in [1.165, 1.54) is 0 Å². The van der Waals surface area contributed by atoms with Crippen LogP contribution in [0.2, 0.25) is 0 Å². The summed E-state index contributed by atoms with van der Waals surface area (Å²) in [5.41, 5.74) is 2.74. The van der Waals surface area contributed by atoms with Gasteiger partial charge >= 0.3 is 5.97 Å². The van der Waals surface area contributed by atoms with Gasteiger partial charge in [0.2, 0.25) is 0 Å². The number of aliphatic hydroxyl groups is 1. The molecule has 3 rings (SSSR count). The van der Waals surface area contributed by atoms with E-state index >= 15 is 0 Å². The summed E-state index contributed by atoms with van der Waals surface area (Å²) in [5, 5.41) is 19.7. The summed E-state index contributed by atoms with van der Waals surface area (Å²) in [6, 6.07) is 16.3. The molecule has 148 valence electrons. The van der Waals surface area contributed by atoms with Gasteiger partial charge in [0.1, 0.15) is 18.2 Å². The number of nitrogens with zero attached hydrogens (tertiary/aromatic N) is 3. The van der Waals surface area contributed by atoms with Gasteiger partial charge in [-0.05, 0) is 50.2 Å². The molecule has 0 radical (unpaired) electrons. The molecule has 3 aromatic rings. The molecular weight excluding hydrogens is 368 g/mol. The van der Waals surface area contributed by atoms with Crippen LogP contribution in [0.25, 0.3) is 16.6 Å². The number of aliphatic hydroxyl groups excluding tert-OH is 1. The number of para-hydroxylation sites is 2. The quantitative estimate of drug-likeness (QED) is 0.358. The Morgan fingerprint density at radius 1 is 1.17 bits per heavy atom. The number of ether oxygens (including phenoxy) is 1. The van der Waals surface area contributed by atoms with Gasteiger partial charge in [0.05, 0.1) is 16.6 Å². The van der Waals surface area contributed by atoms with Gasteiger partial charge < -0.3 is 19.7 Å². The zero-order chi connectivity index (χ0) is 20.8. The minimum atomic E-state index is -0.579. The van der Waals surface area contributed by atoms with Gasteiger partial charge in [0.15, 0.2) is 11.6 Å². The summed E-state index contributed by atoms with van der Waals surface area (Å²) in [6.45, 7) is 5.46. The SMILES string of the molecule is CCN(CC)c1ccc(C(=O)OC/C(O)=C(\C#N)c2nc3ccccc3[nH]2)cc1. The first-order valence-corrected chi connectivity index (χ1v) is 9.36. The fraction of sp³-hybridized carbons (Fsp3) is 0.227. The van der Waals surface area contributed by atoms with Crippen LogP contribution in [-0.2, 0) is 4.74 Å². The van der Waals surface area contributed by atoms with Crippen molar-refractivity contribution in [1.82, 2.24) is 9.97 Å². The Balaban J connectivity index is 1.71. The third-order valence-electron chi connectivity index (χ3n) is 4.60. The van der Waals surface area contributed by atoms with Crippen LogP contribution < -0.4 is 4.90 Å². The molecule has 2 aromatic carbocycles. The first kappa shape index (κ1) is 20.0. The molecule has 0 aliphatic carbocycles. The molecule has 0 atom stereocenters. The summed E-state index contributed by atoms with van der Waals surface area (Å²) in [4.78, 5) is 21.7. The number of hydrogen-bond donors (Lipinski definition) is 2. The highest BCUT2D eigenvalue weighted by atomic mass is 16.5. The molecule has 0 fully saturated rings. The number of aromatic amines is 1. The number of fused-ring (bicyclic) bond motifs is 1. The van der Waals surface area contributed by atoms with Crippen LogP contribution in [0.5, 0.6) is 0 Å². The van der Waals surface area contributed by atoms with E-state index in [1.54, 1.807) is 18.2 Å². The molecule has 0 bridgehead atoms. The van der Waals surface area contributed by atoms with Crippen LogP contribution in [0.3, 0.4) is 0 Å². The number of carbonyl (C=O) groups is 1. The van der Waals surface area contributed by atoms with Gasteiger partial charge in [-0.15, -0.1) is 0 Å². The first-order chi connectivity index (χ1) is 14.1. The molecule has 0 aliphatic heterocycles. The number of nitriles is 1. The molecular formula is C22H22N4O3. The molecule has 1 aromatic heterocycles. The number of carbonyl (C=O) groups excluding carboxylic acids is 1.